The van der Waals surface area contributed by atoms with Gasteiger partial charge in [0.15, 0.2) is 0 Å². The molecule has 13 heavy (non-hydrogen) atoms. The summed E-state index contributed by atoms with van der Waals surface area (Å²) in [6, 6.07) is 0. The second kappa shape index (κ2) is 5.37. The Labute approximate surface area is 79.3 Å². The van der Waals surface area contributed by atoms with Crippen molar-refractivity contribution in [2.75, 3.05) is 20.5 Å². The van der Waals surface area contributed by atoms with Crippen molar-refractivity contribution in [1.29, 1.82) is 0 Å². The largest absolute Gasteiger partial charge is 0.396 e. The van der Waals surface area contributed by atoms with Crippen LogP contribution < -0.4 is 0 Å². The lowest BCUT2D eigenvalue weighted by Gasteiger charge is -2.10. The molecular formula is C10H18O3. The maximum Gasteiger partial charge on any atom is 0.146 e. The molecule has 0 radical (unpaired) electrons. The van der Waals surface area contributed by atoms with E-state index >= 15 is 0 Å². The lowest BCUT2D eigenvalue weighted by molar-refractivity contribution is -0.0707. The number of aliphatic hydroxyl groups excluding tert-OH is 1. The third-order valence-electron chi connectivity index (χ3n) is 2.67. The van der Waals surface area contributed by atoms with Gasteiger partial charge in [0.2, 0.25) is 0 Å². The third kappa shape index (κ3) is 2.79. The highest BCUT2D eigenvalue weighted by Crippen LogP contribution is 2.34. The van der Waals surface area contributed by atoms with Gasteiger partial charge in [0.1, 0.15) is 6.79 Å². The number of methoxy groups -OCH3 is 1. The topological polar surface area (TPSA) is 38.7 Å². The van der Waals surface area contributed by atoms with Gasteiger partial charge in [-0.3, -0.25) is 0 Å². The van der Waals surface area contributed by atoms with E-state index in [1.165, 1.54) is 0 Å². The minimum Gasteiger partial charge on any atom is -0.396 e. The molecule has 0 bridgehead atoms. The summed E-state index contributed by atoms with van der Waals surface area (Å²) in [5, 5.41) is 9.08. The number of allylic oxidation sites excluding steroid dienone is 1. The van der Waals surface area contributed by atoms with E-state index in [2.05, 4.69) is 6.58 Å². The summed E-state index contributed by atoms with van der Waals surface area (Å²) < 4.78 is 10.3. The fourth-order valence-corrected chi connectivity index (χ4v) is 1.90. The Morgan fingerprint density at radius 1 is 1.54 bits per heavy atom. The molecule has 0 aromatic carbocycles. The van der Waals surface area contributed by atoms with Crippen LogP contribution in [0.1, 0.15) is 12.8 Å². The highest BCUT2D eigenvalue weighted by atomic mass is 16.7. The first-order valence-corrected chi connectivity index (χ1v) is 4.65. The third-order valence-corrected chi connectivity index (χ3v) is 2.67. The fraction of sp³-hybridized carbons (Fsp3) is 0.800. The molecule has 0 aromatic rings. The number of aliphatic hydroxyl groups is 1. The summed E-state index contributed by atoms with van der Waals surface area (Å²) in [7, 11) is 1.61. The lowest BCUT2D eigenvalue weighted by atomic mass is 9.97. The summed E-state index contributed by atoms with van der Waals surface area (Å²) in [5.41, 5.74) is 0. The van der Waals surface area contributed by atoms with Crippen molar-refractivity contribution in [3.8, 4) is 0 Å². The Hall–Kier alpha value is -0.380. The molecule has 1 N–H and O–H groups in total. The van der Waals surface area contributed by atoms with Gasteiger partial charge in [-0.25, -0.2) is 0 Å². The first kappa shape index (κ1) is 10.7. The molecule has 0 spiro atoms. The smallest absolute Gasteiger partial charge is 0.146 e. The van der Waals surface area contributed by atoms with E-state index in [9.17, 15) is 0 Å². The van der Waals surface area contributed by atoms with Crippen LogP contribution in [0.5, 0.6) is 0 Å². The van der Waals surface area contributed by atoms with Crippen molar-refractivity contribution in [1.82, 2.24) is 0 Å². The van der Waals surface area contributed by atoms with Gasteiger partial charge in [0.05, 0.1) is 6.10 Å². The normalized spacial score (nSPS) is 33.5. The van der Waals surface area contributed by atoms with Crippen LogP contribution in [-0.4, -0.2) is 31.7 Å². The van der Waals surface area contributed by atoms with Crippen LogP contribution in [0.25, 0.3) is 0 Å². The van der Waals surface area contributed by atoms with E-state index in [-0.39, 0.29) is 12.7 Å². The molecule has 0 saturated heterocycles. The first-order valence-electron chi connectivity index (χ1n) is 4.65. The number of hydrogen-bond acceptors (Lipinski definition) is 3. The van der Waals surface area contributed by atoms with Crippen LogP contribution in [0, 0.1) is 11.8 Å². The minimum absolute atomic E-state index is 0.222. The van der Waals surface area contributed by atoms with Crippen LogP contribution in [0.2, 0.25) is 0 Å². The van der Waals surface area contributed by atoms with Gasteiger partial charge in [-0.05, 0) is 24.7 Å². The quantitative estimate of drug-likeness (QED) is 0.517. The Morgan fingerprint density at radius 2 is 2.31 bits per heavy atom. The van der Waals surface area contributed by atoms with Crippen LogP contribution in [0.15, 0.2) is 12.7 Å². The molecule has 0 aliphatic heterocycles. The second-order valence-corrected chi connectivity index (χ2v) is 3.51. The molecule has 1 aliphatic carbocycles. The molecule has 3 nitrogen and oxygen atoms in total. The van der Waals surface area contributed by atoms with E-state index < -0.39 is 0 Å². The van der Waals surface area contributed by atoms with Gasteiger partial charge in [-0.15, -0.1) is 6.58 Å². The monoisotopic (exact) mass is 186 g/mol. The number of hydrogen-bond donors (Lipinski definition) is 1. The molecule has 76 valence electrons. The maximum atomic E-state index is 9.08. The fourth-order valence-electron chi connectivity index (χ4n) is 1.90. The molecule has 3 atom stereocenters. The molecule has 0 unspecified atom stereocenters. The summed E-state index contributed by atoms with van der Waals surface area (Å²) in [4.78, 5) is 0. The highest BCUT2D eigenvalue weighted by molar-refractivity contribution is 4.93. The van der Waals surface area contributed by atoms with Crippen molar-refractivity contribution in [2.24, 2.45) is 11.8 Å². The predicted octanol–water partition coefficient (Wildman–Crippen LogP) is 1.18. The first-order chi connectivity index (χ1) is 6.31. The summed E-state index contributed by atoms with van der Waals surface area (Å²) >= 11 is 0. The molecule has 1 rings (SSSR count). The van der Waals surface area contributed by atoms with Crippen LogP contribution in [0.3, 0.4) is 0 Å². The van der Waals surface area contributed by atoms with E-state index in [1.807, 2.05) is 6.08 Å². The number of rotatable bonds is 5. The van der Waals surface area contributed by atoms with Crippen LogP contribution in [0.4, 0.5) is 0 Å². The minimum atomic E-state index is 0.222. The SMILES string of the molecule is C=C[C@@H]1C[C@H](OCOC)C[C@H]1CO. The van der Waals surface area contributed by atoms with E-state index in [1.54, 1.807) is 7.11 Å². The molecule has 0 aromatic heterocycles. The summed E-state index contributed by atoms with van der Waals surface area (Å²) in [6.07, 6.45) is 4.01. The van der Waals surface area contributed by atoms with Gasteiger partial charge in [0, 0.05) is 13.7 Å². The summed E-state index contributed by atoms with van der Waals surface area (Å²) in [5.74, 6) is 0.714. The van der Waals surface area contributed by atoms with E-state index in [0.717, 1.165) is 12.8 Å². The van der Waals surface area contributed by atoms with Crippen molar-refractivity contribution < 1.29 is 14.6 Å². The summed E-state index contributed by atoms with van der Waals surface area (Å²) in [6.45, 7) is 4.32. The zero-order valence-corrected chi connectivity index (χ0v) is 8.11. The predicted molar refractivity (Wildman–Crippen MR) is 50.2 cm³/mol. The molecule has 0 heterocycles. The molecule has 3 heteroatoms. The standard InChI is InChI=1S/C10H18O3/c1-3-8-4-10(13-7-12-2)5-9(8)6-11/h3,8-11H,1,4-7H2,2H3/t8-,9+,10+/m1/s1. The maximum absolute atomic E-state index is 9.08. The molecule has 1 fully saturated rings. The van der Waals surface area contributed by atoms with Gasteiger partial charge >= 0.3 is 0 Å². The molecule has 1 saturated carbocycles. The Kier molecular flexibility index (Phi) is 4.42. The molecular weight excluding hydrogens is 168 g/mol. The zero-order valence-electron chi connectivity index (χ0n) is 8.11. The van der Waals surface area contributed by atoms with E-state index in [4.69, 9.17) is 14.6 Å². The number of ether oxygens (including phenoxy) is 2. The van der Waals surface area contributed by atoms with Crippen molar-refractivity contribution in [3.63, 3.8) is 0 Å². The van der Waals surface area contributed by atoms with Gasteiger partial charge in [-0.2, -0.15) is 0 Å². The lowest BCUT2D eigenvalue weighted by Crippen LogP contribution is -2.11. The second-order valence-electron chi connectivity index (χ2n) is 3.51. The molecule has 1 aliphatic rings. The van der Waals surface area contributed by atoms with Crippen molar-refractivity contribution in [2.45, 2.75) is 18.9 Å². The van der Waals surface area contributed by atoms with Gasteiger partial charge in [-0.1, -0.05) is 6.08 Å². The van der Waals surface area contributed by atoms with Crippen LogP contribution in [-0.2, 0) is 9.47 Å². The Bertz CT molecular complexity index is 158. The molecule has 0 amide bonds. The average Bonchev–Trinajstić information content (AvgIpc) is 2.57. The average molecular weight is 186 g/mol. The van der Waals surface area contributed by atoms with E-state index in [0.29, 0.717) is 18.6 Å². The Balaban J connectivity index is 2.34. The van der Waals surface area contributed by atoms with Gasteiger partial charge < -0.3 is 14.6 Å². The highest BCUT2D eigenvalue weighted by Gasteiger charge is 2.32. The van der Waals surface area contributed by atoms with Crippen LogP contribution >= 0.6 is 0 Å². The Morgan fingerprint density at radius 3 is 2.77 bits per heavy atom. The zero-order chi connectivity index (χ0) is 9.68. The van der Waals surface area contributed by atoms with Gasteiger partial charge in [0.25, 0.3) is 0 Å². The van der Waals surface area contributed by atoms with Crippen molar-refractivity contribution >= 4 is 0 Å². The van der Waals surface area contributed by atoms with Crippen molar-refractivity contribution in [3.05, 3.63) is 12.7 Å².